The fraction of sp³-hybridized carbons (Fsp3) is 0.529. The lowest BCUT2D eigenvalue weighted by atomic mass is 9.82. The van der Waals surface area contributed by atoms with Gasteiger partial charge in [0.1, 0.15) is 6.61 Å². The minimum atomic E-state index is -0.963. The summed E-state index contributed by atoms with van der Waals surface area (Å²) in [5.74, 6) is -0.883. The van der Waals surface area contributed by atoms with E-state index in [1.54, 1.807) is 6.92 Å². The Morgan fingerprint density at radius 3 is 2.50 bits per heavy atom. The van der Waals surface area contributed by atoms with Gasteiger partial charge in [0.15, 0.2) is 0 Å². The van der Waals surface area contributed by atoms with Crippen LogP contribution >= 0.6 is 0 Å². The van der Waals surface area contributed by atoms with E-state index in [1.165, 1.54) is 0 Å². The average molecular weight is 305 g/mol. The molecule has 0 heterocycles. The summed E-state index contributed by atoms with van der Waals surface area (Å²) in [6.45, 7) is 5.90. The van der Waals surface area contributed by atoms with Crippen LogP contribution in [0.1, 0.15) is 39.2 Å². The summed E-state index contributed by atoms with van der Waals surface area (Å²) >= 11 is 0. The first-order chi connectivity index (χ1) is 10.2. The molecular weight excluding hydrogens is 282 g/mol. The molecule has 0 bridgehead atoms. The number of alkyl carbamates (subject to hydrolysis) is 1. The number of carbonyl (C=O) groups excluding carboxylic acids is 1. The van der Waals surface area contributed by atoms with Crippen molar-refractivity contribution in [3.63, 3.8) is 0 Å². The standard InChI is InChI=1S/C17H23NO4/c1-16(2)9-13(17(3,11-16)14(19)20)18-15(21)22-10-12-7-5-4-6-8-12/h4-8,13H,9-11H2,1-3H3,(H,18,21)(H,19,20). The van der Waals surface area contributed by atoms with Gasteiger partial charge in [-0.2, -0.15) is 0 Å². The normalized spacial score (nSPS) is 26.4. The Morgan fingerprint density at radius 1 is 1.27 bits per heavy atom. The summed E-state index contributed by atoms with van der Waals surface area (Å²) in [6.07, 6.45) is 0.578. The van der Waals surface area contributed by atoms with E-state index in [0.29, 0.717) is 12.8 Å². The molecule has 1 aliphatic rings. The minimum Gasteiger partial charge on any atom is -0.481 e. The van der Waals surface area contributed by atoms with Crippen LogP contribution in [-0.2, 0) is 16.1 Å². The van der Waals surface area contributed by atoms with Gasteiger partial charge in [-0.15, -0.1) is 0 Å². The number of aliphatic carboxylic acids is 1. The van der Waals surface area contributed by atoms with Crippen molar-refractivity contribution in [1.82, 2.24) is 5.32 Å². The molecule has 5 heteroatoms. The summed E-state index contributed by atoms with van der Waals surface area (Å²) in [4.78, 5) is 23.6. The predicted molar refractivity (Wildman–Crippen MR) is 82.3 cm³/mol. The number of hydrogen-bond donors (Lipinski definition) is 2. The lowest BCUT2D eigenvalue weighted by molar-refractivity contribution is -0.149. The summed E-state index contributed by atoms with van der Waals surface area (Å²) in [6, 6.07) is 8.95. The second kappa shape index (κ2) is 5.99. The van der Waals surface area contributed by atoms with E-state index in [2.05, 4.69) is 5.32 Å². The molecule has 0 radical (unpaired) electrons. The first kappa shape index (κ1) is 16.3. The second-order valence-corrected chi connectivity index (χ2v) is 7.03. The van der Waals surface area contributed by atoms with Crippen LogP contribution in [0.4, 0.5) is 4.79 Å². The molecule has 1 saturated carbocycles. The third-order valence-corrected chi connectivity index (χ3v) is 4.36. The Labute approximate surface area is 130 Å². The van der Waals surface area contributed by atoms with E-state index in [4.69, 9.17) is 4.74 Å². The molecule has 1 fully saturated rings. The van der Waals surface area contributed by atoms with Gasteiger partial charge in [-0.1, -0.05) is 44.2 Å². The van der Waals surface area contributed by atoms with Crippen LogP contribution in [0.25, 0.3) is 0 Å². The molecule has 1 aliphatic carbocycles. The highest BCUT2D eigenvalue weighted by Crippen LogP contribution is 2.49. The maximum atomic E-state index is 12.0. The SMILES string of the molecule is CC1(C)CC(NC(=O)OCc2ccccc2)C(C)(C(=O)O)C1. The summed E-state index contributed by atoms with van der Waals surface area (Å²) in [5.41, 5.74) is -0.190. The number of amides is 1. The lowest BCUT2D eigenvalue weighted by Gasteiger charge is -2.27. The molecule has 1 amide bonds. The summed E-state index contributed by atoms with van der Waals surface area (Å²) in [7, 11) is 0. The largest absolute Gasteiger partial charge is 0.481 e. The van der Waals surface area contributed by atoms with E-state index in [1.807, 2.05) is 44.2 Å². The molecule has 5 nitrogen and oxygen atoms in total. The van der Waals surface area contributed by atoms with Gasteiger partial charge < -0.3 is 15.2 Å². The van der Waals surface area contributed by atoms with E-state index < -0.39 is 23.5 Å². The molecular formula is C17H23NO4. The Balaban J connectivity index is 1.96. The summed E-state index contributed by atoms with van der Waals surface area (Å²) < 4.78 is 5.19. The van der Waals surface area contributed by atoms with Crippen LogP contribution in [0, 0.1) is 10.8 Å². The van der Waals surface area contributed by atoms with Crippen molar-refractivity contribution >= 4 is 12.1 Å². The molecule has 0 aromatic heterocycles. The molecule has 0 aliphatic heterocycles. The third kappa shape index (κ3) is 3.59. The van der Waals surface area contributed by atoms with Crippen LogP contribution < -0.4 is 5.32 Å². The van der Waals surface area contributed by atoms with Crippen molar-refractivity contribution in [2.24, 2.45) is 10.8 Å². The molecule has 1 aromatic carbocycles. The van der Waals surface area contributed by atoms with E-state index >= 15 is 0 Å². The van der Waals surface area contributed by atoms with Gasteiger partial charge in [-0.25, -0.2) is 4.79 Å². The van der Waals surface area contributed by atoms with Gasteiger partial charge >= 0.3 is 12.1 Å². The number of carboxylic acid groups (broad SMARTS) is 1. The number of carbonyl (C=O) groups is 2. The molecule has 22 heavy (non-hydrogen) atoms. The third-order valence-electron chi connectivity index (χ3n) is 4.36. The number of rotatable bonds is 4. The van der Waals surface area contributed by atoms with Gasteiger partial charge in [-0.3, -0.25) is 4.79 Å². The summed E-state index contributed by atoms with van der Waals surface area (Å²) in [5, 5.41) is 12.2. The molecule has 2 atom stereocenters. The van der Waals surface area contributed by atoms with Gasteiger partial charge in [-0.05, 0) is 30.7 Å². The van der Waals surface area contributed by atoms with Gasteiger partial charge in [0.05, 0.1) is 5.41 Å². The van der Waals surface area contributed by atoms with Crippen LogP contribution in [0.5, 0.6) is 0 Å². The first-order valence-corrected chi connectivity index (χ1v) is 7.44. The van der Waals surface area contributed by atoms with Crippen molar-refractivity contribution in [3.8, 4) is 0 Å². The molecule has 0 saturated heterocycles. The van der Waals surface area contributed by atoms with E-state index in [0.717, 1.165) is 5.56 Å². The van der Waals surface area contributed by atoms with Crippen LogP contribution in [-0.4, -0.2) is 23.2 Å². The van der Waals surface area contributed by atoms with Gasteiger partial charge in [0.25, 0.3) is 0 Å². The highest BCUT2D eigenvalue weighted by atomic mass is 16.5. The highest BCUT2D eigenvalue weighted by molar-refractivity contribution is 5.77. The fourth-order valence-corrected chi connectivity index (χ4v) is 3.31. The van der Waals surface area contributed by atoms with Crippen LogP contribution in [0.2, 0.25) is 0 Å². The second-order valence-electron chi connectivity index (χ2n) is 7.03. The Hall–Kier alpha value is -2.04. The van der Waals surface area contributed by atoms with Crippen LogP contribution in [0.15, 0.2) is 30.3 Å². The Bertz CT molecular complexity index is 555. The van der Waals surface area contributed by atoms with Crippen molar-refractivity contribution in [2.45, 2.75) is 46.3 Å². The smallest absolute Gasteiger partial charge is 0.407 e. The van der Waals surface area contributed by atoms with Crippen molar-refractivity contribution in [2.75, 3.05) is 0 Å². The molecule has 2 unspecified atom stereocenters. The van der Waals surface area contributed by atoms with Crippen molar-refractivity contribution in [1.29, 1.82) is 0 Å². The number of ether oxygens (including phenoxy) is 1. The van der Waals surface area contributed by atoms with Gasteiger partial charge in [0.2, 0.25) is 0 Å². The predicted octanol–water partition coefficient (Wildman–Crippen LogP) is 3.19. The molecule has 2 rings (SSSR count). The molecule has 1 aromatic rings. The zero-order valence-corrected chi connectivity index (χ0v) is 13.3. The van der Waals surface area contributed by atoms with Gasteiger partial charge in [0, 0.05) is 6.04 Å². The maximum Gasteiger partial charge on any atom is 0.407 e. The number of hydrogen-bond acceptors (Lipinski definition) is 3. The molecule has 2 N–H and O–H groups in total. The minimum absolute atomic E-state index is 0.121. The number of nitrogens with one attached hydrogen (secondary N) is 1. The maximum absolute atomic E-state index is 12.0. The average Bonchev–Trinajstić information content (AvgIpc) is 2.68. The first-order valence-electron chi connectivity index (χ1n) is 7.44. The Morgan fingerprint density at radius 2 is 1.91 bits per heavy atom. The zero-order valence-electron chi connectivity index (χ0n) is 13.3. The highest BCUT2D eigenvalue weighted by Gasteiger charge is 2.53. The number of benzene rings is 1. The van der Waals surface area contributed by atoms with Crippen LogP contribution in [0.3, 0.4) is 0 Å². The molecule has 0 spiro atoms. The fourth-order valence-electron chi connectivity index (χ4n) is 3.31. The van der Waals surface area contributed by atoms with Crippen molar-refractivity contribution in [3.05, 3.63) is 35.9 Å². The quantitative estimate of drug-likeness (QED) is 0.895. The topological polar surface area (TPSA) is 75.6 Å². The van der Waals surface area contributed by atoms with Crippen molar-refractivity contribution < 1.29 is 19.4 Å². The lowest BCUT2D eigenvalue weighted by Crippen LogP contribution is -2.47. The number of carboxylic acids is 1. The van der Waals surface area contributed by atoms with E-state index in [-0.39, 0.29) is 12.0 Å². The Kier molecular flexibility index (Phi) is 4.44. The van der Waals surface area contributed by atoms with E-state index in [9.17, 15) is 14.7 Å². The monoisotopic (exact) mass is 305 g/mol. The molecule has 120 valence electrons. The zero-order chi connectivity index (χ0) is 16.4.